The van der Waals surface area contributed by atoms with Crippen molar-refractivity contribution in [1.82, 2.24) is 4.98 Å². The highest BCUT2D eigenvalue weighted by molar-refractivity contribution is 6.29. The lowest BCUT2D eigenvalue weighted by Crippen LogP contribution is -2.30. The lowest BCUT2D eigenvalue weighted by atomic mass is 10.1. The van der Waals surface area contributed by atoms with E-state index in [4.69, 9.17) is 17.3 Å². The van der Waals surface area contributed by atoms with Crippen molar-refractivity contribution < 1.29 is 5.11 Å². The number of hydrogen-bond acceptors (Lipinski definition) is 4. The van der Waals surface area contributed by atoms with E-state index in [9.17, 15) is 5.11 Å². The molecule has 15 heavy (non-hydrogen) atoms. The molecule has 4 nitrogen and oxygen atoms in total. The summed E-state index contributed by atoms with van der Waals surface area (Å²) in [7, 11) is 0. The van der Waals surface area contributed by atoms with Crippen molar-refractivity contribution >= 4 is 23.1 Å². The standard InChI is InChI=1S/C10H14ClN3O/c1-10(15)4-5-14(6-10)9-7(12)2-3-8(11)13-9/h2-3,15H,4-6,12H2,1H3. The summed E-state index contributed by atoms with van der Waals surface area (Å²) < 4.78 is 0. The first-order valence-electron chi connectivity index (χ1n) is 4.87. The Balaban J connectivity index is 2.27. The molecule has 0 saturated carbocycles. The zero-order chi connectivity index (χ0) is 11.1. The molecule has 0 bridgehead atoms. The average molecular weight is 228 g/mol. The van der Waals surface area contributed by atoms with E-state index >= 15 is 0 Å². The second-order valence-electron chi connectivity index (χ2n) is 4.22. The molecule has 0 amide bonds. The van der Waals surface area contributed by atoms with E-state index in [1.807, 2.05) is 11.8 Å². The number of pyridine rings is 1. The molecule has 0 aromatic carbocycles. The van der Waals surface area contributed by atoms with Gasteiger partial charge in [0.2, 0.25) is 0 Å². The minimum atomic E-state index is -0.656. The molecule has 1 aliphatic rings. The smallest absolute Gasteiger partial charge is 0.153 e. The second kappa shape index (κ2) is 3.54. The van der Waals surface area contributed by atoms with Crippen LogP contribution in [0.2, 0.25) is 5.15 Å². The van der Waals surface area contributed by atoms with E-state index in [2.05, 4.69) is 4.98 Å². The predicted molar refractivity (Wildman–Crippen MR) is 61.1 cm³/mol. The molecule has 1 unspecified atom stereocenters. The summed E-state index contributed by atoms with van der Waals surface area (Å²) in [4.78, 5) is 6.14. The third-order valence-electron chi connectivity index (χ3n) is 2.62. The minimum Gasteiger partial charge on any atom is -0.396 e. The van der Waals surface area contributed by atoms with Crippen molar-refractivity contribution in [3.05, 3.63) is 17.3 Å². The minimum absolute atomic E-state index is 0.422. The van der Waals surface area contributed by atoms with Crippen LogP contribution in [0.5, 0.6) is 0 Å². The average Bonchev–Trinajstić information content (AvgIpc) is 2.50. The Morgan fingerprint density at radius 2 is 2.33 bits per heavy atom. The lowest BCUT2D eigenvalue weighted by molar-refractivity contribution is 0.0839. The van der Waals surface area contributed by atoms with Crippen molar-refractivity contribution in [1.29, 1.82) is 0 Å². The Labute approximate surface area is 93.7 Å². The van der Waals surface area contributed by atoms with Gasteiger partial charge in [0.25, 0.3) is 0 Å². The van der Waals surface area contributed by atoms with Gasteiger partial charge in [0, 0.05) is 13.1 Å². The quantitative estimate of drug-likeness (QED) is 0.710. The Morgan fingerprint density at radius 1 is 1.60 bits per heavy atom. The highest BCUT2D eigenvalue weighted by Crippen LogP contribution is 2.29. The summed E-state index contributed by atoms with van der Waals surface area (Å²) in [5.41, 5.74) is 5.75. The molecule has 1 fully saturated rings. The summed E-state index contributed by atoms with van der Waals surface area (Å²) in [6, 6.07) is 3.40. The number of aliphatic hydroxyl groups is 1. The number of hydrogen-bond donors (Lipinski definition) is 2. The number of nitrogens with zero attached hydrogens (tertiary/aromatic N) is 2. The first-order chi connectivity index (χ1) is 6.98. The first-order valence-corrected chi connectivity index (χ1v) is 5.25. The van der Waals surface area contributed by atoms with E-state index < -0.39 is 5.60 Å². The van der Waals surface area contributed by atoms with Crippen LogP contribution in [0.1, 0.15) is 13.3 Å². The zero-order valence-corrected chi connectivity index (χ0v) is 9.33. The number of nitrogens with two attached hydrogens (primary N) is 1. The topological polar surface area (TPSA) is 62.4 Å². The van der Waals surface area contributed by atoms with Crippen LogP contribution in [-0.4, -0.2) is 28.8 Å². The molecule has 1 aromatic heterocycles. The third-order valence-corrected chi connectivity index (χ3v) is 2.83. The molecule has 0 aliphatic carbocycles. The summed E-state index contributed by atoms with van der Waals surface area (Å²) in [6.07, 6.45) is 0.723. The normalized spacial score (nSPS) is 25.9. The monoisotopic (exact) mass is 227 g/mol. The van der Waals surface area contributed by atoms with Crippen LogP contribution >= 0.6 is 11.6 Å². The van der Waals surface area contributed by atoms with Gasteiger partial charge in [-0.15, -0.1) is 0 Å². The van der Waals surface area contributed by atoms with Crippen LogP contribution in [0.25, 0.3) is 0 Å². The highest BCUT2D eigenvalue weighted by atomic mass is 35.5. The van der Waals surface area contributed by atoms with Gasteiger partial charge in [0.1, 0.15) is 5.15 Å². The van der Waals surface area contributed by atoms with E-state index in [1.54, 1.807) is 12.1 Å². The Morgan fingerprint density at radius 3 is 2.93 bits per heavy atom. The summed E-state index contributed by atoms with van der Waals surface area (Å²) in [5, 5.41) is 10.3. The van der Waals surface area contributed by atoms with Gasteiger partial charge in [-0.3, -0.25) is 0 Å². The van der Waals surface area contributed by atoms with Gasteiger partial charge in [-0.1, -0.05) is 11.6 Å². The maximum atomic E-state index is 9.84. The predicted octanol–water partition coefficient (Wildman–Crippen LogP) is 1.28. The fourth-order valence-corrected chi connectivity index (χ4v) is 1.96. The number of aromatic nitrogens is 1. The zero-order valence-electron chi connectivity index (χ0n) is 8.57. The fraction of sp³-hybridized carbons (Fsp3) is 0.500. The number of rotatable bonds is 1. The highest BCUT2D eigenvalue weighted by Gasteiger charge is 2.32. The largest absolute Gasteiger partial charge is 0.396 e. The van der Waals surface area contributed by atoms with Gasteiger partial charge in [0.15, 0.2) is 5.82 Å². The molecule has 2 rings (SSSR count). The van der Waals surface area contributed by atoms with Gasteiger partial charge in [0.05, 0.1) is 11.3 Å². The summed E-state index contributed by atoms with van der Waals surface area (Å²) >= 11 is 5.81. The number of nitrogen functional groups attached to an aromatic ring is 1. The van der Waals surface area contributed by atoms with Gasteiger partial charge in [-0.2, -0.15) is 0 Å². The van der Waals surface area contributed by atoms with Gasteiger partial charge in [-0.25, -0.2) is 4.98 Å². The van der Waals surface area contributed by atoms with E-state index in [1.165, 1.54) is 0 Å². The molecule has 1 atom stereocenters. The van der Waals surface area contributed by atoms with E-state index in [0.717, 1.165) is 13.0 Å². The molecule has 2 heterocycles. The lowest BCUT2D eigenvalue weighted by Gasteiger charge is -2.21. The number of anilines is 2. The van der Waals surface area contributed by atoms with Gasteiger partial charge in [-0.05, 0) is 25.5 Å². The van der Waals surface area contributed by atoms with Crippen molar-refractivity contribution in [2.24, 2.45) is 0 Å². The molecule has 1 aromatic rings. The molecule has 1 aliphatic heterocycles. The van der Waals surface area contributed by atoms with Crippen LogP contribution in [0.3, 0.4) is 0 Å². The van der Waals surface area contributed by atoms with Crippen molar-refractivity contribution in [2.45, 2.75) is 18.9 Å². The maximum absolute atomic E-state index is 9.84. The van der Waals surface area contributed by atoms with Crippen molar-refractivity contribution in [3.8, 4) is 0 Å². The van der Waals surface area contributed by atoms with Gasteiger partial charge >= 0.3 is 0 Å². The molecular weight excluding hydrogens is 214 g/mol. The SMILES string of the molecule is CC1(O)CCN(c2nc(Cl)ccc2N)C1. The van der Waals surface area contributed by atoms with Crippen LogP contribution in [0, 0.1) is 0 Å². The number of β-amino-alcohol motifs (C(OH)–C–C–N with tert-alkyl or cyclic N) is 1. The van der Waals surface area contributed by atoms with Crippen molar-refractivity contribution in [3.63, 3.8) is 0 Å². The fourth-order valence-electron chi connectivity index (χ4n) is 1.82. The first kappa shape index (κ1) is 10.5. The van der Waals surface area contributed by atoms with E-state index in [0.29, 0.717) is 23.2 Å². The van der Waals surface area contributed by atoms with Crippen LogP contribution in [0.15, 0.2) is 12.1 Å². The van der Waals surface area contributed by atoms with Crippen molar-refractivity contribution in [2.75, 3.05) is 23.7 Å². The summed E-state index contributed by atoms with van der Waals surface area (Å²) in [5.74, 6) is 0.667. The number of halogens is 1. The molecule has 82 valence electrons. The Kier molecular flexibility index (Phi) is 2.48. The second-order valence-corrected chi connectivity index (χ2v) is 4.60. The molecule has 1 saturated heterocycles. The Hall–Kier alpha value is -1.00. The maximum Gasteiger partial charge on any atom is 0.153 e. The molecule has 5 heteroatoms. The van der Waals surface area contributed by atoms with Crippen LogP contribution in [0.4, 0.5) is 11.5 Å². The van der Waals surface area contributed by atoms with Crippen LogP contribution in [-0.2, 0) is 0 Å². The summed E-state index contributed by atoms with van der Waals surface area (Å²) in [6.45, 7) is 3.11. The molecule has 3 N–H and O–H groups in total. The van der Waals surface area contributed by atoms with Crippen LogP contribution < -0.4 is 10.6 Å². The molecule has 0 radical (unpaired) electrons. The molecular formula is C10H14ClN3O. The van der Waals surface area contributed by atoms with Gasteiger partial charge < -0.3 is 15.7 Å². The Bertz CT molecular complexity index is 381. The third kappa shape index (κ3) is 2.16. The van der Waals surface area contributed by atoms with E-state index in [-0.39, 0.29) is 0 Å². The molecule has 0 spiro atoms.